The lowest BCUT2D eigenvalue weighted by molar-refractivity contribution is 0.0503. The number of nitrogens with zero attached hydrogens (tertiary/aromatic N) is 3. The van der Waals surface area contributed by atoms with Gasteiger partial charge in [0.05, 0.1) is 24.9 Å². The number of hydrogen-bond acceptors (Lipinski definition) is 6. The lowest BCUT2D eigenvalue weighted by Crippen LogP contribution is -2.22. The largest absolute Gasteiger partial charge is 0.457 e. The van der Waals surface area contributed by atoms with E-state index in [1.54, 1.807) is 6.92 Å². The van der Waals surface area contributed by atoms with Gasteiger partial charge in [-0.15, -0.1) is 5.10 Å². The van der Waals surface area contributed by atoms with Gasteiger partial charge in [0.1, 0.15) is 6.61 Å². The van der Waals surface area contributed by atoms with Gasteiger partial charge in [0, 0.05) is 7.11 Å². The van der Waals surface area contributed by atoms with Crippen molar-refractivity contribution in [2.45, 2.75) is 19.6 Å². The molecule has 100 valence electrons. The molecule has 0 aliphatic rings. The van der Waals surface area contributed by atoms with Crippen molar-refractivity contribution in [3.05, 3.63) is 24.0 Å². The summed E-state index contributed by atoms with van der Waals surface area (Å²) in [7, 11) is 1.50. The highest BCUT2D eigenvalue weighted by molar-refractivity contribution is 5.88. The summed E-state index contributed by atoms with van der Waals surface area (Å²) in [6, 6.07) is 0. The van der Waals surface area contributed by atoms with Gasteiger partial charge in [-0.1, -0.05) is 17.9 Å². The van der Waals surface area contributed by atoms with Crippen LogP contribution < -0.4 is 0 Å². The topological polar surface area (TPSA) is 86.5 Å². The first-order valence-electron chi connectivity index (χ1n) is 5.45. The molecule has 1 aromatic heterocycles. The first-order chi connectivity index (χ1) is 8.60. The van der Waals surface area contributed by atoms with Gasteiger partial charge in [-0.25, -0.2) is 9.48 Å². The van der Waals surface area contributed by atoms with Crippen LogP contribution in [0, 0.1) is 6.92 Å². The molecular formula is C11H17N3O4. The second-order valence-electron chi connectivity index (χ2n) is 3.70. The fourth-order valence-corrected chi connectivity index (χ4v) is 1.37. The Balaban J connectivity index is 2.71. The van der Waals surface area contributed by atoms with Gasteiger partial charge in [-0.3, -0.25) is 0 Å². The lowest BCUT2D eigenvalue weighted by atomic mass is 10.3. The molecule has 0 aliphatic heterocycles. The van der Waals surface area contributed by atoms with Crippen LogP contribution in [0.1, 0.15) is 16.2 Å². The molecule has 1 unspecified atom stereocenters. The Bertz CT molecular complexity index is 416. The van der Waals surface area contributed by atoms with E-state index in [1.807, 2.05) is 0 Å². The zero-order chi connectivity index (χ0) is 13.5. The number of carbonyl (C=O) groups excluding carboxylic acids is 1. The minimum atomic E-state index is -0.701. The summed E-state index contributed by atoms with van der Waals surface area (Å²) in [5, 5.41) is 17.1. The maximum Gasteiger partial charge on any atom is 0.361 e. The van der Waals surface area contributed by atoms with E-state index in [0.717, 1.165) is 0 Å². The van der Waals surface area contributed by atoms with Crippen molar-refractivity contribution in [1.29, 1.82) is 0 Å². The van der Waals surface area contributed by atoms with Crippen LogP contribution in [0.2, 0.25) is 0 Å². The van der Waals surface area contributed by atoms with Gasteiger partial charge in [-0.2, -0.15) is 0 Å². The monoisotopic (exact) mass is 255 g/mol. The highest BCUT2D eigenvalue weighted by Gasteiger charge is 2.18. The van der Waals surface area contributed by atoms with Crippen molar-refractivity contribution >= 4 is 5.97 Å². The van der Waals surface area contributed by atoms with Crippen molar-refractivity contribution in [1.82, 2.24) is 15.0 Å². The molecule has 1 aromatic rings. The van der Waals surface area contributed by atoms with Crippen LogP contribution in [-0.2, 0) is 16.0 Å². The number of methoxy groups -OCH3 is 1. The summed E-state index contributed by atoms with van der Waals surface area (Å²) in [5.41, 5.74) is 0.681. The zero-order valence-corrected chi connectivity index (χ0v) is 10.5. The molecular weight excluding hydrogens is 238 g/mol. The Labute approximate surface area is 105 Å². The van der Waals surface area contributed by atoms with Crippen LogP contribution >= 0.6 is 0 Å². The molecule has 0 saturated carbocycles. The fraction of sp³-hybridized carbons (Fsp3) is 0.545. The third-order valence-electron chi connectivity index (χ3n) is 2.25. The average molecular weight is 255 g/mol. The second-order valence-corrected chi connectivity index (χ2v) is 3.70. The molecule has 0 spiro atoms. The standard InChI is InChI=1S/C11H17N3O4/c1-4-5-18-11(16)10-8(2)14(13-12-10)6-9(15)7-17-3/h4,9,15H,1,5-7H2,2-3H3. The van der Waals surface area contributed by atoms with Crippen molar-refractivity contribution in [2.24, 2.45) is 0 Å². The van der Waals surface area contributed by atoms with Crippen LogP contribution in [0.4, 0.5) is 0 Å². The minimum absolute atomic E-state index is 0.122. The molecule has 0 aromatic carbocycles. The van der Waals surface area contributed by atoms with Gasteiger partial charge in [0.25, 0.3) is 0 Å². The number of hydrogen-bond donors (Lipinski definition) is 1. The fourth-order valence-electron chi connectivity index (χ4n) is 1.37. The van der Waals surface area contributed by atoms with E-state index in [-0.39, 0.29) is 25.5 Å². The van der Waals surface area contributed by atoms with Crippen LogP contribution in [0.3, 0.4) is 0 Å². The van der Waals surface area contributed by atoms with Gasteiger partial charge in [0.15, 0.2) is 5.69 Å². The van der Waals surface area contributed by atoms with Gasteiger partial charge in [0.2, 0.25) is 0 Å². The van der Waals surface area contributed by atoms with Crippen molar-refractivity contribution in [2.75, 3.05) is 20.3 Å². The first kappa shape index (κ1) is 14.3. The molecule has 7 nitrogen and oxygen atoms in total. The normalized spacial score (nSPS) is 12.2. The molecule has 1 atom stereocenters. The van der Waals surface area contributed by atoms with Crippen molar-refractivity contribution < 1.29 is 19.4 Å². The van der Waals surface area contributed by atoms with Crippen LogP contribution in [-0.4, -0.2) is 52.5 Å². The number of rotatable bonds is 7. The average Bonchev–Trinajstić information content (AvgIpc) is 2.68. The molecule has 0 fully saturated rings. The van der Waals surface area contributed by atoms with Crippen LogP contribution in [0.15, 0.2) is 12.7 Å². The van der Waals surface area contributed by atoms with Gasteiger partial charge in [-0.05, 0) is 6.92 Å². The predicted molar refractivity (Wildman–Crippen MR) is 63.1 cm³/mol. The number of aliphatic hydroxyl groups is 1. The first-order valence-corrected chi connectivity index (χ1v) is 5.45. The van der Waals surface area contributed by atoms with E-state index in [4.69, 9.17) is 9.47 Å². The summed E-state index contributed by atoms with van der Waals surface area (Å²) in [4.78, 5) is 11.6. The molecule has 0 radical (unpaired) electrons. The van der Waals surface area contributed by atoms with E-state index in [0.29, 0.717) is 5.69 Å². The molecule has 1 N–H and O–H groups in total. The third-order valence-corrected chi connectivity index (χ3v) is 2.25. The maximum atomic E-state index is 11.6. The van der Waals surface area contributed by atoms with E-state index in [9.17, 15) is 9.90 Å². The van der Waals surface area contributed by atoms with Crippen molar-refractivity contribution in [3.8, 4) is 0 Å². The summed E-state index contributed by atoms with van der Waals surface area (Å²) >= 11 is 0. The number of aliphatic hydroxyl groups excluding tert-OH is 1. The Morgan fingerprint density at radius 3 is 3.00 bits per heavy atom. The molecule has 0 bridgehead atoms. The Kier molecular flexibility index (Phi) is 5.47. The van der Waals surface area contributed by atoms with Crippen LogP contribution in [0.25, 0.3) is 0 Å². The minimum Gasteiger partial charge on any atom is -0.457 e. The molecule has 1 rings (SSSR count). The number of aromatic nitrogens is 3. The smallest absolute Gasteiger partial charge is 0.361 e. The molecule has 18 heavy (non-hydrogen) atoms. The third kappa shape index (κ3) is 3.64. The Morgan fingerprint density at radius 1 is 1.67 bits per heavy atom. The van der Waals surface area contributed by atoms with E-state index in [2.05, 4.69) is 16.9 Å². The molecule has 0 amide bonds. The van der Waals surface area contributed by atoms with Crippen LogP contribution in [0.5, 0.6) is 0 Å². The van der Waals surface area contributed by atoms with Gasteiger partial charge < -0.3 is 14.6 Å². The maximum absolute atomic E-state index is 11.6. The molecule has 0 aliphatic carbocycles. The summed E-state index contributed by atoms with van der Waals surface area (Å²) < 4.78 is 11.1. The number of esters is 1. The predicted octanol–water partition coefficient (Wildman–Crippen LogP) is -0.0634. The lowest BCUT2D eigenvalue weighted by Gasteiger charge is -2.09. The van der Waals surface area contributed by atoms with E-state index in [1.165, 1.54) is 17.9 Å². The molecule has 7 heteroatoms. The summed E-state index contributed by atoms with van der Waals surface area (Å²) in [5.74, 6) is -0.556. The quantitative estimate of drug-likeness (QED) is 0.542. The highest BCUT2D eigenvalue weighted by Crippen LogP contribution is 2.06. The SMILES string of the molecule is C=CCOC(=O)c1nnn(CC(O)COC)c1C. The van der Waals surface area contributed by atoms with E-state index >= 15 is 0 Å². The highest BCUT2D eigenvalue weighted by atomic mass is 16.5. The molecule has 0 saturated heterocycles. The molecule has 1 heterocycles. The Hall–Kier alpha value is -1.73. The second kappa shape index (κ2) is 6.87. The summed E-state index contributed by atoms with van der Waals surface area (Å²) in [6.45, 7) is 5.66. The van der Waals surface area contributed by atoms with Gasteiger partial charge >= 0.3 is 5.97 Å². The number of carbonyl (C=O) groups is 1. The van der Waals surface area contributed by atoms with Crippen molar-refractivity contribution in [3.63, 3.8) is 0 Å². The zero-order valence-electron chi connectivity index (χ0n) is 10.5. The Morgan fingerprint density at radius 2 is 2.39 bits per heavy atom. The number of ether oxygens (including phenoxy) is 2. The summed E-state index contributed by atoms with van der Waals surface area (Å²) in [6.07, 6.45) is 0.771. The van der Waals surface area contributed by atoms with E-state index < -0.39 is 12.1 Å².